The number of hydrogen-bond acceptors (Lipinski definition) is 5. The Morgan fingerprint density at radius 3 is 2.61 bits per heavy atom. The van der Waals surface area contributed by atoms with Gasteiger partial charge in [0.05, 0.1) is 17.3 Å². The van der Waals surface area contributed by atoms with Crippen LogP contribution in [0.15, 0.2) is 65.0 Å². The summed E-state index contributed by atoms with van der Waals surface area (Å²) in [7, 11) is 1.72. The Kier molecular flexibility index (Phi) is 5.45. The Labute approximate surface area is 140 Å². The largest absolute Gasteiger partial charge is 0.384 e. The maximum atomic E-state index is 5.15. The Bertz CT molecular complexity index is 699. The van der Waals surface area contributed by atoms with Crippen LogP contribution in [0.5, 0.6) is 0 Å². The van der Waals surface area contributed by atoms with E-state index in [2.05, 4.69) is 27.6 Å². The molecule has 0 unspecified atom stereocenters. The molecule has 0 radical (unpaired) electrons. The number of ether oxygens (including phenoxy) is 1. The van der Waals surface area contributed by atoms with E-state index in [9.17, 15) is 0 Å². The second-order valence-corrected chi connectivity index (χ2v) is 6.20. The predicted octanol–water partition coefficient (Wildman–Crippen LogP) is 3.53. The Morgan fingerprint density at radius 1 is 1.09 bits per heavy atom. The van der Waals surface area contributed by atoms with E-state index in [-0.39, 0.29) is 0 Å². The van der Waals surface area contributed by atoms with Crippen molar-refractivity contribution in [1.82, 2.24) is 10.4 Å². The van der Waals surface area contributed by atoms with Gasteiger partial charge in [0.25, 0.3) is 0 Å². The van der Waals surface area contributed by atoms with Crippen molar-refractivity contribution >= 4 is 23.0 Å². The van der Waals surface area contributed by atoms with Crippen molar-refractivity contribution in [2.45, 2.75) is 6.42 Å². The number of hydrazone groups is 1. The van der Waals surface area contributed by atoms with Gasteiger partial charge in [-0.2, -0.15) is 5.10 Å². The fourth-order valence-corrected chi connectivity index (χ4v) is 3.33. The number of rotatable bonds is 6. The molecule has 23 heavy (non-hydrogen) atoms. The highest BCUT2D eigenvalue weighted by Crippen LogP contribution is 2.31. The molecule has 1 aliphatic heterocycles. The summed E-state index contributed by atoms with van der Waals surface area (Å²) in [5.74, 6) is 0.892. The zero-order valence-corrected chi connectivity index (χ0v) is 13.8. The van der Waals surface area contributed by atoms with E-state index in [1.807, 2.05) is 42.7 Å². The third-order valence-electron chi connectivity index (χ3n) is 3.58. The molecule has 0 fully saturated rings. The first-order valence-corrected chi connectivity index (χ1v) is 8.50. The third-order valence-corrected chi connectivity index (χ3v) is 4.58. The molecule has 1 aromatic heterocycles. The average molecular weight is 325 g/mol. The van der Waals surface area contributed by atoms with Gasteiger partial charge in [-0.25, -0.2) is 0 Å². The van der Waals surface area contributed by atoms with Crippen LogP contribution >= 0.6 is 11.8 Å². The van der Waals surface area contributed by atoms with E-state index in [0.29, 0.717) is 6.61 Å². The van der Waals surface area contributed by atoms with E-state index < -0.39 is 0 Å². The molecule has 2 heterocycles. The van der Waals surface area contributed by atoms with E-state index in [0.717, 1.165) is 28.5 Å². The van der Waals surface area contributed by atoms with Crippen molar-refractivity contribution in [1.29, 1.82) is 0 Å². The molecular weight excluding hydrogens is 306 g/mol. The molecule has 0 amide bonds. The maximum Gasteiger partial charge on any atom is 0.0934 e. The average Bonchev–Trinajstić information content (AvgIpc) is 2.63. The minimum absolute atomic E-state index is 0.717. The lowest BCUT2D eigenvalue weighted by Gasteiger charge is -2.21. The highest BCUT2D eigenvalue weighted by Gasteiger charge is 2.18. The zero-order valence-electron chi connectivity index (χ0n) is 13.0. The van der Waals surface area contributed by atoms with Crippen molar-refractivity contribution in [3.05, 3.63) is 71.0 Å². The van der Waals surface area contributed by atoms with Gasteiger partial charge in [0.1, 0.15) is 0 Å². The van der Waals surface area contributed by atoms with Crippen LogP contribution in [-0.2, 0) is 4.74 Å². The number of benzene rings is 1. The molecule has 0 saturated carbocycles. The van der Waals surface area contributed by atoms with Gasteiger partial charge >= 0.3 is 0 Å². The Hall–Kier alpha value is -2.11. The van der Waals surface area contributed by atoms with Gasteiger partial charge < -0.3 is 4.74 Å². The summed E-state index contributed by atoms with van der Waals surface area (Å²) in [6.07, 6.45) is 4.46. The SMILES string of the molecule is COCCSC1=C(c2ccncc2)CC(c2ccccc2)=NN1. The van der Waals surface area contributed by atoms with Gasteiger partial charge in [0.15, 0.2) is 0 Å². The van der Waals surface area contributed by atoms with E-state index in [1.165, 1.54) is 11.1 Å². The molecule has 0 spiro atoms. The fourth-order valence-electron chi connectivity index (χ4n) is 2.40. The summed E-state index contributed by atoms with van der Waals surface area (Å²) in [6, 6.07) is 14.4. The molecule has 0 aliphatic carbocycles. The van der Waals surface area contributed by atoms with Crippen molar-refractivity contribution in [3.63, 3.8) is 0 Å². The second-order valence-electron chi connectivity index (χ2n) is 5.10. The summed E-state index contributed by atoms with van der Waals surface area (Å²) in [6.45, 7) is 0.717. The number of methoxy groups -OCH3 is 1. The number of thioether (sulfide) groups is 1. The summed E-state index contributed by atoms with van der Waals surface area (Å²) in [5.41, 5.74) is 7.85. The molecule has 1 aromatic carbocycles. The van der Waals surface area contributed by atoms with Crippen LogP contribution in [0.2, 0.25) is 0 Å². The fraction of sp³-hybridized carbons (Fsp3) is 0.222. The summed E-state index contributed by atoms with van der Waals surface area (Å²) in [5, 5.41) is 5.66. The minimum Gasteiger partial charge on any atom is -0.384 e. The number of pyridine rings is 1. The van der Waals surface area contributed by atoms with Gasteiger partial charge in [0.2, 0.25) is 0 Å². The molecule has 0 atom stereocenters. The molecule has 1 aliphatic rings. The van der Waals surface area contributed by atoms with Crippen LogP contribution in [-0.4, -0.2) is 30.2 Å². The number of nitrogens with one attached hydrogen (secondary N) is 1. The number of allylic oxidation sites excluding steroid dienone is 1. The quantitative estimate of drug-likeness (QED) is 0.826. The van der Waals surface area contributed by atoms with Gasteiger partial charge in [-0.1, -0.05) is 30.3 Å². The molecule has 4 nitrogen and oxygen atoms in total. The molecule has 0 bridgehead atoms. The van der Waals surface area contributed by atoms with Crippen LogP contribution in [0.4, 0.5) is 0 Å². The molecule has 2 aromatic rings. The second kappa shape index (κ2) is 7.94. The van der Waals surface area contributed by atoms with E-state index >= 15 is 0 Å². The topological polar surface area (TPSA) is 46.5 Å². The molecule has 3 rings (SSSR count). The third kappa shape index (κ3) is 4.00. The van der Waals surface area contributed by atoms with Crippen LogP contribution in [0.25, 0.3) is 5.57 Å². The molecule has 0 saturated heterocycles. The molecule has 5 heteroatoms. The van der Waals surface area contributed by atoms with Crippen molar-refractivity contribution < 1.29 is 4.74 Å². The van der Waals surface area contributed by atoms with Crippen LogP contribution < -0.4 is 5.43 Å². The van der Waals surface area contributed by atoms with Gasteiger partial charge in [-0.05, 0) is 28.8 Å². The molecule has 118 valence electrons. The monoisotopic (exact) mass is 325 g/mol. The maximum absolute atomic E-state index is 5.15. The highest BCUT2D eigenvalue weighted by atomic mass is 32.2. The lowest BCUT2D eigenvalue weighted by Crippen LogP contribution is -2.19. The normalized spacial score (nSPS) is 14.4. The standard InChI is InChI=1S/C18H19N3OS/c1-22-11-12-23-18-16(14-7-9-19-10-8-14)13-17(20-21-18)15-5-3-2-4-6-15/h2-10,21H,11-13H2,1H3. The lowest BCUT2D eigenvalue weighted by atomic mass is 9.97. The Balaban J connectivity index is 1.86. The Morgan fingerprint density at radius 2 is 1.87 bits per heavy atom. The van der Waals surface area contributed by atoms with E-state index in [4.69, 9.17) is 4.74 Å². The smallest absolute Gasteiger partial charge is 0.0934 e. The molecule has 1 N–H and O–H groups in total. The number of hydrogen-bond donors (Lipinski definition) is 1. The highest BCUT2D eigenvalue weighted by molar-refractivity contribution is 8.03. The van der Waals surface area contributed by atoms with Crippen molar-refractivity contribution in [2.24, 2.45) is 5.10 Å². The minimum atomic E-state index is 0.717. The van der Waals surface area contributed by atoms with Gasteiger partial charge in [-0.15, -0.1) is 11.8 Å². The summed E-state index contributed by atoms with van der Waals surface area (Å²) < 4.78 is 5.15. The van der Waals surface area contributed by atoms with Crippen LogP contribution in [0, 0.1) is 0 Å². The van der Waals surface area contributed by atoms with Crippen LogP contribution in [0.1, 0.15) is 17.5 Å². The van der Waals surface area contributed by atoms with Crippen molar-refractivity contribution in [2.75, 3.05) is 19.5 Å². The predicted molar refractivity (Wildman–Crippen MR) is 96.2 cm³/mol. The van der Waals surface area contributed by atoms with E-state index in [1.54, 1.807) is 18.9 Å². The first-order chi connectivity index (χ1) is 11.4. The summed E-state index contributed by atoms with van der Waals surface area (Å²) in [4.78, 5) is 4.12. The van der Waals surface area contributed by atoms with Crippen LogP contribution in [0.3, 0.4) is 0 Å². The zero-order chi connectivity index (χ0) is 15.9. The van der Waals surface area contributed by atoms with Gasteiger partial charge in [0, 0.05) is 31.7 Å². The lowest BCUT2D eigenvalue weighted by molar-refractivity contribution is 0.219. The summed E-state index contributed by atoms with van der Waals surface area (Å²) >= 11 is 1.74. The van der Waals surface area contributed by atoms with Gasteiger partial charge in [-0.3, -0.25) is 10.4 Å². The molecular formula is C18H19N3OS. The number of aromatic nitrogens is 1. The first kappa shape index (κ1) is 15.8. The number of nitrogens with zero attached hydrogens (tertiary/aromatic N) is 2. The van der Waals surface area contributed by atoms with Crippen molar-refractivity contribution in [3.8, 4) is 0 Å². The first-order valence-electron chi connectivity index (χ1n) is 7.52.